The van der Waals surface area contributed by atoms with Gasteiger partial charge < -0.3 is 35.2 Å². The van der Waals surface area contributed by atoms with Crippen LogP contribution in [0.15, 0.2) is 244 Å². The molecule has 27 heteroatoms. The van der Waals surface area contributed by atoms with E-state index in [1.807, 2.05) is 103 Å². The quantitative estimate of drug-likeness (QED) is 0.0343. The molecule has 14 heterocycles. The predicted octanol–water partition coefficient (Wildman–Crippen LogP) is 17.5. The highest BCUT2D eigenvalue weighted by atomic mass is 19.1. The van der Waals surface area contributed by atoms with Crippen molar-refractivity contribution in [3.05, 3.63) is 312 Å². The number of ether oxygens (including phenoxy) is 1. The third kappa shape index (κ3) is 19.4. The number of hydrogen-bond donors (Lipinski definition) is 3. The Morgan fingerprint density at radius 3 is 1.02 bits per heavy atom. The van der Waals surface area contributed by atoms with Crippen molar-refractivity contribution in [2.75, 3.05) is 79.1 Å². The number of hydrogen-bond acceptors (Lipinski definition) is 16. The number of likely N-dealkylation sites (tertiary alicyclic amines) is 1. The van der Waals surface area contributed by atoms with Crippen LogP contribution in [0.2, 0.25) is 0 Å². The molecular weight excluding hydrogens is 1580 g/mol. The van der Waals surface area contributed by atoms with Gasteiger partial charge in [-0.25, -0.2) is 45.2 Å². The van der Waals surface area contributed by atoms with Gasteiger partial charge >= 0.3 is 11.9 Å². The minimum absolute atomic E-state index is 0.117. The summed E-state index contributed by atoms with van der Waals surface area (Å²) >= 11 is 0. The van der Waals surface area contributed by atoms with Crippen LogP contribution in [0.1, 0.15) is 96.3 Å². The third-order valence-corrected chi connectivity index (χ3v) is 22.2. The van der Waals surface area contributed by atoms with Gasteiger partial charge in [0, 0.05) is 133 Å². The van der Waals surface area contributed by atoms with Crippen LogP contribution in [0.3, 0.4) is 0 Å². The summed E-state index contributed by atoms with van der Waals surface area (Å²) in [6.07, 6.45) is 24.5. The first kappa shape index (κ1) is 84.7. The molecule has 2 fully saturated rings. The summed E-state index contributed by atoms with van der Waals surface area (Å²) < 4.78 is 66.6. The highest BCUT2D eigenvalue weighted by Gasteiger charge is 2.24. The molecule has 0 spiro atoms. The van der Waals surface area contributed by atoms with Gasteiger partial charge in [-0.3, -0.25) is 29.5 Å². The fourth-order valence-electron chi connectivity index (χ4n) is 15.4. The summed E-state index contributed by atoms with van der Waals surface area (Å²) in [5.41, 5.74) is 19.8. The molecule has 0 radical (unpaired) electrons. The maximum absolute atomic E-state index is 13.8. The predicted molar refractivity (Wildman–Crippen MR) is 471 cm³/mol. The number of carbonyl (C=O) groups is 4. The number of fused-ring (bicyclic) bond motifs is 4. The van der Waals surface area contributed by atoms with E-state index in [0.29, 0.717) is 75.4 Å². The van der Waals surface area contributed by atoms with Crippen LogP contribution in [0.4, 0.5) is 17.6 Å². The molecule has 628 valence electrons. The fraction of sp³-hybridized carbons (Fsp3) is 0.216. The normalized spacial score (nSPS) is 13.0. The molecule has 18 rings (SSSR count). The van der Waals surface area contributed by atoms with Crippen LogP contribution >= 0.6 is 0 Å². The molecule has 23 nitrogen and oxygen atoms in total. The number of amides is 2. The largest absolute Gasteiger partial charge is 0.478 e. The van der Waals surface area contributed by atoms with Crippen LogP contribution in [-0.2, 0) is 4.74 Å². The first-order chi connectivity index (χ1) is 60.2. The molecule has 0 aliphatic carbocycles. The number of rotatable bonds is 21. The van der Waals surface area contributed by atoms with E-state index in [2.05, 4.69) is 72.7 Å². The maximum atomic E-state index is 13.8. The second-order valence-electron chi connectivity index (χ2n) is 30.6. The summed E-state index contributed by atoms with van der Waals surface area (Å²) in [4.78, 5) is 74.8. The summed E-state index contributed by atoms with van der Waals surface area (Å²) in [6, 6.07) is 50.3. The number of nitrogens with one attached hydrogen (secondary N) is 2. The highest BCUT2D eigenvalue weighted by molar-refractivity contribution is 6.03. The number of likely N-dealkylation sites (N-methyl/N-ethyl adjacent to an activating group) is 1. The zero-order valence-corrected chi connectivity index (χ0v) is 69.4. The number of halogens is 4. The van der Waals surface area contributed by atoms with E-state index in [1.165, 1.54) is 67.1 Å². The molecular formula is C97H91F4N17O6. The van der Waals surface area contributed by atoms with Gasteiger partial charge in [0.05, 0.1) is 87.4 Å². The van der Waals surface area contributed by atoms with E-state index >= 15 is 0 Å². The van der Waals surface area contributed by atoms with Crippen molar-refractivity contribution in [2.24, 2.45) is 0 Å². The third-order valence-electron chi connectivity index (χ3n) is 22.2. The van der Waals surface area contributed by atoms with Crippen molar-refractivity contribution < 1.29 is 46.6 Å². The Morgan fingerprint density at radius 1 is 0.387 bits per heavy atom. The number of benzene rings is 4. The lowest BCUT2D eigenvalue weighted by atomic mass is 9.98. The lowest BCUT2D eigenvalue weighted by Gasteiger charge is -2.32. The van der Waals surface area contributed by atoms with Crippen molar-refractivity contribution in [1.82, 2.24) is 83.7 Å². The Morgan fingerprint density at radius 2 is 0.694 bits per heavy atom. The first-order valence-electron chi connectivity index (χ1n) is 41.1. The lowest BCUT2D eigenvalue weighted by Crippen LogP contribution is -2.45. The second kappa shape index (κ2) is 38.6. The Balaban J connectivity index is 0.000000129. The van der Waals surface area contributed by atoms with E-state index < -0.39 is 11.9 Å². The molecule has 0 atom stereocenters. The number of carbonyl (C=O) groups excluding carboxylic acids is 3. The zero-order valence-electron chi connectivity index (χ0n) is 69.4. The summed E-state index contributed by atoms with van der Waals surface area (Å²) in [6.45, 7) is 18.9. The fourth-order valence-corrected chi connectivity index (χ4v) is 15.4. The molecule has 16 aromatic rings. The molecule has 0 bridgehead atoms. The van der Waals surface area contributed by atoms with E-state index in [9.17, 15) is 41.8 Å². The number of pyridine rings is 8. The van der Waals surface area contributed by atoms with Gasteiger partial charge in [0.1, 0.15) is 34.4 Å². The molecule has 4 aromatic carbocycles. The average Bonchev–Trinajstić information content (AvgIpc) is 1.55. The molecule has 3 N–H and O–H groups in total. The van der Waals surface area contributed by atoms with E-state index in [1.54, 1.807) is 152 Å². The Labute approximate surface area is 713 Å². The molecule has 2 aliphatic rings. The number of aryl methyl sites for hydroxylation is 4. The lowest BCUT2D eigenvalue weighted by molar-refractivity contribution is 0.0527. The minimum Gasteiger partial charge on any atom is -0.478 e. The number of piperazine rings is 1. The number of nitrogens with zero attached hydrogens (tertiary/aromatic N) is 15. The van der Waals surface area contributed by atoms with Crippen molar-refractivity contribution in [2.45, 2.75) is 60.3 Å². The molecule has 0 unspecified atom stereocenters. The van der Waals surface area contributed by atoms with Crippen LogP contribution in [0.5, 0.6) is 0 Å². The van der Waals surface area contributed by atoms with Gasteiger partial charge in [0.2, 0.25) is 0 Å². The number of aromatic nitrogens is 12. The van der Waals surface area contributed by atoms with E-state index in [4.69, 9.17) is 4.74 Å². The molecule has 12 aromatic heterocycles. The number of carboxylic acids is 1. The van der Waals surface area contributed by atoms with Crippen molar-refractivity contribution >= 4 is 45.8 Å². The van der Waals surface area contributed by atoms with Crippen molar-refractivity contribution in [3.8, 4) is 89.5 Å². The van der Waals surface area contributed by atoms with Gasteiger partial charge in [-0.1, -0.05) is 24.3 Å². The van der Waals surface area contributed by atoms with Gasteiger partial charge in [-0.05, 0) is 284 Å². The van der Waals surface area contributed by atoms with Crippen molar-refractivity contribution in [3.63, 3.8) is 0 Å². The number of carboxylic acid groups (broad SMARTS) is 1. The van der Waals surface area contributed by atoms with E-state index in [-0.39, 0.29) is 40.6 Å². The molecule has 2 amide bonds. The van der Waals surface area contributed by atoms with Gasteiger partial charge in [0.25, 0.3) is 11.8 Å². The molecule has 2 saturated heterocycles. The van der Waals surface area contributed by atoms with Crippen LogP contribution < -0.4 is 10.6 Å². The average molecular weight is 1670 g/mol. The van der Waals surface area contributed by atoms with Gasteiger partial charge in [0.15, 0.2) is 0 Å². The molecule has 124 heavy (non-hydrogen) atoms. The monoisotopic (exact) mass is 1670 g/mol. The number of aromatic carboxylic acids is 1. The minimum atomic E-state index is -1.03. The number of esters is 1. The van der Waals surface area contributed by atoms with E-state index in [0.717, 1.165) is 147 Å². The Kier molecular flexibility index (Phi) is 26.4. The van der Waals surface area contributed by atoms with Crippen LogP contribution in [-0.4, -0.2) is 181 Å². The van der Waals surface area contributed by atoms with Crippen LogP contribution in [0.25, 0.3) is 112 Å². The second-order valence-corrected chi connectivity index (χ2v) is 30.6. The first-order valence-corrected chi connectivity index (χ1v) is 41.1. The zero-order chi connectivity index (χ0) is 86.5. The summed E-state index contributed by atoms with van der Waals surface area (Å²) in [7, 11) is 2.15. The highest BCUT2D eigenvalue weighted by Crippen LogP contribution is 2.38. The maximum Gasteiger partial charge on any atom is 0.341 e. The molecule has 0 saturated carbocycles. The van der Waals surface area contributed by atoms with Crippen molar-refractivity contribution in [1.29, 1.82) is 0 Å². The summed E-state index contributed by atoms with van der Waals surface area (Å²) in [5.74, 6) is -2.67. The summed E-state index contributed by atoms with van der Waals surface area (Å²) in [5, 5.41) is 32.4. The van der Waals surface area contributed by atoms with Crippen LogP contribution in [0, 0.1) is 51.0 Å². The topological polar surface area (TPSA) is 252 Å². The molecule has 2 aliphatic heterocycles. The smallest absolute Gasteiger partial charge is 0.341 e. The SMILES string of the molecule is CCOC(=O)c1cnn2ccc(-c3cccnc3-c3ccc(F)c(C)c3)cc12.Cc1cc(-c2ncccc2-c2ccn3ncc(C(=O)NCCCN4CCCC4)c3c2)ccc1F.Cc1cc(-c2ncccc2-c2ccn3ncc(C(=O)NCCCN4CCN(C)CC4)c3c2)ccc1F.Cc1cc(-c2ncccc2-c2ccn3ncc(C(=O)O)c3c2)ccc1F. The standard InChI is InChI=1S/C28H31FN6O.C27H28FN5O.C22H18FN3O2.C20H14FN3O2/c1-20-17-22(6-7-25(20)29)27-23(5-3-9-30-27)21-8-12-35-26(18-21)24(19-32-35)28(36)31-10-4-11-34-15-13-33(2)14-16-34;1-19-16-21(7-8-24(19)28)26-22(6-4-10-29-26)20-9-15-33-25(17-20)23(18-31-33)27(34)30-11-5-14-32-12-2-3-13-32;1-3-28-22(27)18-13-25-26-10-8-15(12-20(18)26)17-5-4-9-24-21(17)16-6-7-19(23)14(2)11-16;1-12-9-14(4-5-17(12)21)19-15(3-2-7-22-19)13-6-8-24-18(10-13)16(11-23-24)20(25)26/h3,5-9,12,17-19H,4,10-11,13-16H2,1-2H3,(H,31,36);4,6-10,15-18H,2-3,5,11-14H2,1H3,(H,30,34);4-13H,3H2,1-2H3;2-11H,1H3,(H,25,26). The Hall–Kier alpha value is -14.3. The van der Waals surface area contributed by atoms with Gasteiger partial charge in [-0.15, -0.1) is 0 Å². The Bertz CT molecular complexity index is 6610. The van der Waals surface area contributed by atoms with Gasteiger partial charge in [-0.2, -0.15) is 20.4 Å².